The number of allylic oxidation sites excluding steroid dienone is 2. The molecule has 2 unspecified atom stereocenters. The van der Waals surface area contributed by atoms with E-state index in [2.05, 4.69) is 21.3 Å². The second-order valence-electron chi connectivity index (χ2n) is 13.1. The number of nitrogens with zero attached hydrogens (tertiary/aromatic N) is 2. The zero-order valence-electron chi connectivity index (χ0n) is 30.4. The molecule has 4 aromatic carbocycles. The van der Waals surface area contributed by atoms with Crippen molar-refractivity contribution in [3.63, 3.8) is 0 Å². The van der Waals surface area contributed by atoms with Crippen LogP contribution in [0.5, 0.6) is 0 Å². The molecule has 0 saturated heterocycles. The summed E-state index contributed by atoms with van der Waals surface area (Å²) in [6, 6.07) is 22.7. The van der Waals surface area contributed by atoms with E-state index >= 15 is 0 Å². The van der Waals surface area contributed by atoms with Crippen molar-refractivity contribution in [2.45, 2.75) is 61.9 Å². The van der Waals surface area contributed by atoms with Crippen molar-refractivity contribution < 1.29 is 39.0 Å². The molecule has 0 aliphatic heterocycles. The summed E-state index contributed by atoms with van der Waals surface area (Å²) in [4.78, 5) is 0. The van der Waals surface area contributed by atoms with Crippen molar-refractivity contribution in [2.24, 2.45) is 10.2 Å². The van der Waals surface area contributed by atoms with E-state index < -0.39 is 42.6 Å². The zero-order valence-corrected chi connectivity index (χ0v) is 30.0. The Bertz CT molecular complexity index is 2330. The summed E-state index contributed by atoms with van der Waals surface area (Å²) < 4.78 is 87.1. The topological polar surface area (TPSA) is 222 Å². The lowest BCUT2D eigenvalue weighted by molar-refractivity contribution is 0.429. The molecular formula is C38H38N4O8S2. The summed E-state index contributed by atoms with van der Waals surface area (Å²) in [5, 5.41) is 29.4. The monoisotopic (exact) mass is 742 g/mol. The second kappa shape index (κ2) is 13.5. The highest BCUT2D eigenvalue weighted by Crippen LogP contribution is 2.53. The number of nitrogens with one attached hydrogen (secondary N) is 2. The van der Waals surface area contributed by atoms with Gasteiger partial charge < -0.3 is 10.2 Å². The second-order valence-corrected chi connectivity index (χ2v) is 16.4. The van der Waals surface area contributed by atoms with Crippen LogP contribution >= 0.6 is 0 Å². The summed E-state index contributed by atoms with van der Waals surface area (Å²) in [6.45, 7) is 3.84. The molecule has 6 N–H and O–H groups in total. The van der Waals surface area contributed by atoms with Gasteiger partial charge in [0.25, 0.3) is 20.2 Å². The Balaban J connectivity index is 1.58. The van der Waals surface area contributed by atoms with Crippen LogP contribution in [0, 0.1) is 11.0 Å². The number of aliphatic hydroxyl groups excluding tert-OH is 2. The van der Waals surface area contributed by atoms with Gasteiger partial charge in [-0.15, -0.1) is 0 Å². The summed E-state index contributed by atoms with van der Waals surface area (Å²) in [6.07, 6.45) is 0.975. The number of hydrogen-bond donors (Lipinski definition) is 6. The smallest absolute Gasteiger partial charge is 0.279 e. The van der Waals surface area contributed by atoms with Crippen LogP contribution < -0.4 is 0 Å². The molecule has 0 radical (unpaired) electrons. The van der Waals surface area contributed by atoms with Gasteiger partial charge >= 0.3 is 0 Å². The Morgan fingerprint density at radius 3 is 1.37 bits per heavy atom. The summed E-state index contributed by atoms with van der Waals surface area (Å²) in [5.74, 6) is -0.691. The minimum atomic E-state index is -4.97. The first-order valence-corrected chi connectivity index (χ1v) is 19.5. The predicted molar refractivity (Wildman–Crippen MR) is 196 cm³/mol. The van der Waals surface area contributed by atoms with Crippen molar-refractivity contribution >= 4 is 31.8 Å². The number of aliphatic hydroxyl groups is 2. The molecule has 2 aliphatic carbocycles. The molecule has 0 heterocycles. The number of hydrogen-bond acceptors (Lipinski definition) is 10. The van der Waals surface area contributed by atoms with Gasteiger partial charge in [0.1, 0.15) is 22.9 Å². The Hall–Kier alpha value is -5.02. The van der Waals surface area contributed by atoms with E-state index in [1.807, 2.05) is 26.0 Å². The van der Waals surface area contributed by atoms with Crippen LogP contribution in [0.15, 0.2) is 107 Å². The largest absolute Gasteiger partial charge is 0.505 e. The first-order valence-electron chi connectivity index (χ1n) is 17.5. The maximum absolute atomic E-state index is 13.6. The van der Waals surface area contributed by atoms with E-state index in [9.17, 15) is 36.2 Å². The third kappa shape index (κ3) is 5.57. The molecule has 2 aliphatic rings. The molecule has 12 nitrogen and oxygen atoms in total. The zero-order chi connectivity index (χ0) is 39.1. The molecule has 0 aromatic heterocycles. The molecular weight excluding hydrogens is 705 g/mol. The molecule has 14 heteroatoms. The van der Waals surface area contributed by atoms with Crippen LogP contribution in [0.3, 0.4) is 0 Å². The first-order chi connectivity index (χ1) is 25.7. The minimum Gasteiger partial charge on any atom is -0.505 e. The fourth-order valence-corrected chi connectivity index (χ4v) is 10.4. The van der Waals surface area contributed by atoms with E-state index in [1.54, 1.807) is 48.5 Å². The molecule has 52 heavy (non-hydrogen) atoms. The third-order valence-electron chi connectivity index (χ3n) is 10.2. The number of fused-ring (bicyclic) bond motifs is 2. The van der Waals surface area contributed by atoms with Gasteiger partial charge in [0.15, 0.2) is 9.49 Å². The Kier molecular flexibility index (Phi) is 8.86. The molecule has 2 atom stereocenters. The molecule has 6 rings (SSSR count). The van der Waals surface area contributed by atoms with E-state index in [0.717, 1.165) is 0 Å². The lowest BCUT2D eigenvalue weighted by atomic mass is 9.76. The van der Waals surface area contributed by atoms with Crippen molar-refractivity contribution in [2.75, 3.05) is 0 Å². The van der Waals surface area contributed by atoms with Crippen molar-refractivity contribution in [3.05, 3.63) is 141 Å². The van der Waals surface area contributed by atoms with Crippen molar-refractivity contribution in [1.29, 1.82) is 11.0 Å². The van der Waals surface area contributed by atoms with Crippen molar-refractivity contribution in [1.82, 2.24) is 0 Å². The Morgan fingerprint density at radius 1 is 0.635 bits per heavy atom. The van der Waals surface area contributed by atoms with E-state index in [1.165, 1.54) is 24.3 Å². The third-order valence-corrected chi connectivity index (χ3v) is 13.1. The van der Waals surface area contributed by atoms with Crippen LogP contribution in [0.25, 0.3) is 22.6 Å². The van der Waals surface area contributed by atoms with Crippen molar-refractivity contribution in [3.8, 4) is 11.1 Å². The summed E-state index contributed by atoms with van der Waals surface area (Å²) >= 11 is 0. The average Bonchev–Trinajstić information content (AvgIpc) is 3.14. The highest BCUT2D eigenvalue weighted by atomic mass is 32.2. The summed E-state index contributed by atoms with van der Waals surface area (Å²) in [7, 11) is -9.95. The number of rotatable bonds is 11. The Labute approximate surface area is 305 Å². The molecule has 0 bridgehead atoms. The molecule has 0 saturated carbocycles. The summed E-state index contributed by atoms with van der Waals surface area (Å²) in [5.41, 5.74) is 9.23. The molecule has 270 valence electrons. The van der Waals surface area contributed by atoms with Gasteiger partial charge in [-0.25, -0.2) is 11.0 Å². The van der Waals surface area contributed by atoms with Gasteiger partial charge in [0, 0.05) is 24.0 Å². The SMILES string of the molecule is [H]/N=N/C1=C(O)c2ccccc2C(c2ccc(-c3ccc(C4(S(=O)(=O)O)CC(/N=N/[H])=C(O)c5ccccc54)c(CCC)c3)cc2CCC)(S(=O)(=O)O)C1. The first kappa shape index (κ1) is 34.1. The van der Waals surface area contributed by atoms with Crippen LogP contribution in [0.4, 0.5) is 0 Å². The van der Waals surface area contributed by atoms with E-state index in [-0.39, 0.29) is 56.3 Å². The average molecular weight is 743 g/mol. The van der Waals surface area contributed by atoms with E-state index in [4.69, 9.17) is 2.82 Å². The van der Waals surface area contributed by atoms with Gasteiger partial charge in [0.2, 0.25) is 2.82 Å². The number of aryl methyl sites for hydroxylation is 2. The molecule has 0 amide bonds. The van der Waals surface area contributed by atoms with Crippen LogP contribution in [-0.2, 0) is 42.6 Å². The maximum Gasteiger partial charge on any atom is 0.279 e. The van der Waals surface area contributed by atoms with E-state index in [0.29, 0.717) is 47.9 Å². The maximum atomic E-state index is 13.6. The highest BCUT2D eigenvalue weighted by Gasteiger charge is 2.54. The van der Waals surface area contributed by atoms with Gasteiger partial charge in [-0.2, -0.15) is 27.1 Å². The quantitative estimate of drug-likeness (QED) is 0.0642. The minimum absolute atomic E-state index is 0.127. The number of benzene rings is 4. The van der Waals surface area contributed by atoms with Crippen LogP contribution in [0.1, 0.15) is 84.0 Å². The van der Waals surface area contributed by atoms with Crippen LogP contribution in [0.2, 0.25) is 2.82 Å². The van der Waals surface area contributed by atoms with Gasteiger partial charge in [0.05, 0.1) is 0 Å². The molecule has 0 fully saturated rings. The lowest BCUT2D eigenvalue weighted by Gasteiger charge is -2.38. The molecule has 4 aromatic rings. The van der Waals surface area contributed by atoms with Gasteiger partial charge in [-0.05, 0) is 57.3 Å². The fraction of sp³-hybridized carbons (Fsp3) is 0.263. The normalized spacial score (nSPS) is 21.3. The molecule has 0 spiro atoms. The highest BCUT2D eigenvalue weighted by molar-refractivity contribution is 7.87. The lowest BCUT2D eigenvalue weighted by Crippen LogP contribution is -2.41. The Morgan fingerprint density at radius 2 is 1.02 bits per heavy atom. The standard InChI is InChI=1S/C38H38N4O8S2/c1-3-9-25-19-23(15-17-29(25)37(51(45,46)47)21-33(41-39)35(43)27-11-5-7-13-31(27)37)24-16-18-30(26(20-24)10-4-2)38(52(48,49)50)22-34(42-40)36(44)28-12-6-8-14-32(28)38/h5-8,11-20,39-40,43-44H,3-4,9-10,21-22H2,1-2H3,(H,45,46,47)(H,48,49,50)/b41-39+,42-40+. The predicted octanol–water partition coefficient (Wildman–Crippen LogP) is 8.84. The van der Waals surface area contributed by atoms with Crippen LogP contribution in [-0.4, -0.2) is 36.2 Å². The fourth-order valence-electron chi connectivity index (χ4n) is 7.90. The van der Waals surface area contributed by atoms with Gasteiger partial charge in [-0.3, -0.25) is 9.11 Å². The van der Waals surface area contributed by atoms with Gasteiger partial charge in [-0.1, -0.05) is 112 Å².